The molecule has 2 aromatic heterocycles. The third-order valence-electron chi connectivity index (χ3n) is 4.86. The SMILES string of the molecule is C=C(C)Cn1c(=O)n(C)c(=O)c2cn(Cc3cccc4ccccc34)cc21. The summed E-state index contributed by atoms with van der Waals surface area (Å²) in [5, 5.41) is 2.91. The van der Waals surface area contributed by atoms with E-state index in [0.717, 1.165) is 10.1 Å². The maximum atomic E-state index is 12.6. The van der Waals surface area contributed by atoms with Gasteiger partial charge >= 0.3 is 5.69 Å². The van der Waals surface area contributed by atoms with E-state index in [0.29, 0.717) is 24.0 Å². The number of aromatic nitrogens is 3. The number of benzene rings is 2. The first-order valence-electron chi connectivity index (χ1n) is 8.86. The molecule has 0 unspecified atom stereocenters. The van der Waals surface area contributed by atoms with E-state index in [1.165, 1.54) is 23.4 Å². The summed E-state index contributed by atoms with van der Waals surface area (Å²) in [5.41, 5.74) is 2.08. The molecule has 27 heavy (non-hydrogen) atoms. The molecule has 0 fully saturated rings. The van der Waals surface area contributed by atoms with Gasteiger partial charge < -0.3 is 4.57 Å². The van der Waals surface area contributed by atoms with E-state index in [1.54, 1.807) is 4.57 Å². The second-order valence-corrected chi connectivity index (χ2v) is 7.06. The van der Waals surface area contributed by atoms with Crippen LogP contribution in [0.3, 0.4) is 0 Å². The highest BCUT2D eigenvalue weighted by atomic mass is 16.2. The molecule has 0 aliphatic rings. The summed E-state index contributed by atoms with van der Waals surface area (Å²) in [7, 11) is 1.51. The fraction of sp³-hybridized carbons (Fsp3) is 0.182. The summed E-state index contributed by atoms with van der Waals surface area (Å²) in [6, 6.07) is 14.5. The third kappa shape index (κ3) is 2.91. The molecule has 0 saturated heterocycles. The van der Waals surface area contributed by atoms with Gasteiger partial charge in [-0.3, -0.25) is 13.9 Å². The van der Waals surface area contributed by atoms with E-state index in [4.69, 9.17) is 0 Å². The van der Waals surface area contributed by atoms with E-state index in [9.17, 15) is 9.59 Å². The van der Waals surface area contributed by atoms with Gasteiger partial charge in [0.2, 0.25) is 0 Å². The first-order chi connectivity index (χ1) is 13.0. The zero-order valence-electron chi connectivity index (χ0n) is 15.5. The van der Waals surface area contributed by atoms with Gasteiger partial charge in [0, 0.05) is 32.5 Å². The normalized spacial score (nSPS) is 11.3. The second-order valence-electron chi connectivity index (χ2n) is 7.06. The smallest absolute Gasteiger partial charge is 0.331 e. The fourth-order valence-electron chi connectivity index (χ4n) is 3.57. The highest BCUT2D eigenvalue weighted by molar-refractivity contribution is 5.85. The van der Waals surface area contributed by atoms with E-state index < -0.39 is 0 Å². The lowest BCUT2D eigenvalue weighted by molar-refractivity contribution is 0.669. The van der Waals surface area contributed by atoms with Crippen LogP contribution in [0.5, 0.6) is 0 Å². The van der Waals surface area contributed by atoms with Crippen molar-refractivity contribution in [3.8, 4) is 0 Å². The van der Waals surface area contributed by atoms with E-state index in [-0.39, 0.29) is 11.2 Å². The number of nitrogens with zero attached hydrogens (tertiary/aromatic N) is 3. The van der Waals surface area contributed by atoms with Crippen molar-refractivity contribution in [2.24, 2.45) is 7.05 Å². The highest BCUT2D eigenvalue weighted by Crippen LogP contribution is 2.20. The van der Waals surface area contributed by atoms with Crippen LogP contribution in [0.25, 0.3) is 21.7 Å². The van der Waals surface area contributed by atoms with E-state index >= 15 is 0 Å². The van der Waals surface area contributed by atoms with Gasteiger partial charge in [-0.15, -0.1) is 0 Å². The molecule has 0 radical (unpaired) electrons. The average Bonchev–Trinajstić information content (AvgIpc) is 3.07. The standard InChI is InChI=1S/C22H21N3O2/c1-15(2)11-25-20-14-24(13-19(20)21(26)23(3)22(25)27)12-17-9-6-8-16-7-4-5-10-18(16)17/h4-10,13-14H,1,11-12H2,2-3H3. The Morgan fingerprint density at radius 3 is 2.52 bits per heavy atom. The predicted molar refractivity (Wildman–Crippen MR) is 109 cm³/mol. The minimum atomic E-state index is -0.321. The van der Waals surface area contributed by atoms with Crippen LogP contribution in [0.1, 0.15) is 12.5 Å². The van der Waals surface area contributed by atoms with Gasteiger partial charge in [-0.05, 0) is 23.3 Å². The quantitative estimate of drug-likeness (QED) is 0.525. The number of rotatable bonds is 4. The predicted octanol–water partition coefficient (Wildman–Crippen LogP) is 3.28. The summed E-state index contributed by atoms with van der Waals surface area (Å²) in [5.74, 6) is 0. The molecule has 5 nitrogen and oxygen atoms in total. The molecule has 0 atom stereocenters. The molecule has 0 spiro atoms. The molecule has 4 rings (SSSR count). The zero-order chi connectivity index (χ0) is 19.1. The Morgan fingerprint density at radius 2 is 1.74 bits per heavy atom. The summed E-state index contributed by atoms with van der Waals surface area (Å²) in [6.07, 6.45) is 3.71. The van der Waals surface area contributed by atoms with Gasteiger partial charge in [0.15, 0.2) is 0 Å². The van der Waals surface area contributed by atoms with Crippen LogP contribution >= 0.6 is 0 Å². The van der Waals surface area contributed by atoms with Crippen molar-refractivity contribution in [2.75, 3.05) is 0 Å². The summed E-state index contributed by atoms with van der Waals surface area (Å²) in [6.45, 7) is 6.79. The van der Waals surface area contributed by atoms with Crippen LogP contribution in [-0.2, 0) is 20.1 Å². The minimum absolute atomic E-state index is 0.273. The molecule has 2 aromatic carbocycles. The Bertz CT molecular complexity index is 1300. The largest absolute Gasteiger partial charge is 0.347 e. The Morgan fingerprint density at radius 1 is 1.00 bits per heavy atom. The van der Waals surface area contributed by atoms with Crippen molar-refractivity contribution in [3.05, 3.63) is 93.4 Å². The molecule has 4 aromatic rings. The second kappa shape index (κ2) is 6.43. The third-order valence-corrected chi connectivity index (χ3v) is 4.86. The fourth-order valence-corrected chi connectivity index (χ4v) is 3.57. The van der Waals surface area contributed by atoms with Gasteiger partial charge in [0.25, 0.3) is 5.56 Å². The van der Waals surface area contributed by atoms with Crippen molar-refractivity contribution in [1.82, 2.24) is 13.7 Å². The Kier molecular flexibility index (Phi) is 4.07. The first-order valence-corrected chi connectivity index (χ1v) is 8.86. The van der Waals surface area contributed by atoms with Gasteiger partial charge in [0.1, 0.15) is 0 Å². The van der Waals surface area contributed by atoms with Crippen LogP contribution < -0.4 is 11.2 Å². The van der Waals surface area contributed by atoms with Crippen molar-refractivity contribution in [3.63, 3.8) is 0 Å². The van der Waals surface area contributed by atoms with Crippen LogP contribution in [0.2, 0.25) is 0 Å². The Balaban J connectivity index is 1.89. The zero-order valence-corrected chi connectivity index (χ0v) is 15.5. The van der Waals surface area contributed by atoms with Crippen molar-refractivity contribution >= 4 is 21.7 Å². The van der Waals surface area contributed by atoms with Gasteiger partial charge in [0.05, 0.1) is 10.9 Å². The van der Waals surface area contributed by atoms with Crippen molar-refractivity contribution in [1.29, 1.82) is 0 Å². The summed E-state index contributed by atoms with van der Waals surface area (Å²) >= 11 is 0. The van der Waals surface area contributed by atoms with Crippen LogP contribution in [-0.4, -0.2) is 13.7 Å². The lowest BCUT2D eigenvalue weighted by Crippen LogP contribution is -2.37. The molecule has 0 aliphatic carbocycles. The van der Waals surface area contributed by atoms with Crippen molar-refractivity contribution in [2.45, 2.75) is 20.0 Å². The number of allylic oxidation sites excluding steroid dienone is 1. The monoisotopic (exact) mass is 359 g/mol. The molecule has 2 heterocycles. The van der Waals surface area contributed by atoms with E-state index in [1.807, 2.05) is 42.1 Å². The lowest BCUT2D eigenvalue weighted by Gasteiger charge is -2.09. The van der Waals surface area contributed by atoms with Crippen molar-refractivity contribution < 1.29 is 0 Å². The van der Waals surface area contributed by atoms with Gasteiger partial charge in [-0.1, -0.05) is 54.6 Å². The number of fused-ring (bicyclic) bond motifs is 2. The summed E-state index contributed by atoms with van der Waals surface area (Å²) in [4.78, 5) is 25.1. The molecule has 0 bridgehead atoms. The van der Waals surface area contributed by atoms with Crippen LogP contribution in [0.15, 0.2) is 76.6 Å². The summed E-state index contributed by atoms with van der Waals surface area (Å²) < 4.78 is 4.74. The maximum Gasteiger partial charge on any atom is 0.331 e. The number of hydrogen-bond acceptors (Lipinski definition) is 2. The molecular formula is C22H21N3O2. The van der Waals surface area contributed by atoms with E-state index in [2.05, 4.69) is 30.8 Å². The molecular weight excluding hydrogens is 338 g/mol. The van der Waals surface area contributed by atoms with Gasteiger partial charge in [-0.2, -0.15) is 0 Å². The molecule has 136 valence electrons. The van der Waals surface area contributed by atoms with Gasteiger partial charge in [-0.25, -0.2) is 4.79 Å². The Hall–Kier alpha value is -3.34. The molecule has 0 N–H and O–H groups in total. The van der Waals surface area contributed by atoms with Crippen LogP contribution in [0, 0.1) is 0 Å². The topological polar surface area (TPSA) is 48.9 Å². The lowest BCUT2D eigenvalue weighted by atomic mass is 10.0. The maximum absolute atomic E-state index is 12.6. The molecule has 0 aliphatic heterocycles. The highest BCUT2D eigenvalue weighted by Gasteiger charge is 2.14. The number of hydrogen-bond donors (Lipinski definition) is 0. The Labute approximate surface area is 156 Å². The molecule has 5 heteroatoms. The van der Waals surface area contributed by atoms with Crippen LogP contribution in [0.4, 0.5) is 0 Å². The average molecular weight is 359 g/mol. The molecule has 0 amide bonds. The first kappa shape index (κ1) is 17.1. The minimum Gasteiger partial charge on any atom is -0.347 e. The molecule has 0 saturated carbocycles.